The van der Waals surface area contributed by atoms with Crippen LogP contribution in [-0.2, 0) is 4.74 Å². The second-order valence-corrected chi connectivity index (χ2v) is 6.25. The summed E-state index contributed by atoms with van der Waals surface area (Å²) < 4.78 is 5.22. The van der Waals surface area contributed by atoms with Crippen LogP contribution in [0.3, 0.4) is 0 Å². The van der Waals surface area contributed by atoms with E-state index in [1.165, 1.54) is 12.8 Å². The van der Waals surface area contributed by atoms with Crippen molar-refractivity contribution < 1.29 is 9.53 Å². The fourth-order valence-electron chi connectivity index (χ4n) is 3.30. The summed E-state index contributed by atoms with van der Waals surface area (Å²) in [5, 5.41) is 0. The van der Waals surface area contributed by atoms with E-state index in [1.807, 2.05) is 20.8 Å². The third-order valence-electron chi connectivity index (χ3n) is 4.77. The predicted molar refractivity (Wildman–Crippen MR) is 94.1 cm³/mol. The van der Waals surface area contributed by atoms with E-state index < -0.39 is 0 Å². The van der Waals surface area contributed by atoms with Crippen molar-refractivity contribution in [3.8, 4) is 0 Å². The highest BCUT2D eigenvalue weighted by molar-refractivity contribution is 5.94. The minimum atomic E-state index is 0.0175. The lowest BCUT2D eigenvalue weighted by Gasteiger charge is -2.34. The molecule has 0 spiro atoms. The van der Waals surface area contributed by atoms with Crippen LogP contribution in [0.25, 0.3) is 0 Å². The topological polar surface area (TPSA) is 58.6 Å². The van der Waals surface area contributed by atoms with Crippen LogP contribution < -0.4 is 0 Å². The first-order chi connectivity index (χ1) is 11.6. The molecule has 1 atom stereocenters. The molecule has 1 aliphatic rings. The summed E-state index contributed by atoms with van der Waals surface area (Å²) >= 11 is 0. The van der Waals surface area contributed by atoms with Gasteiger partial charge < -0.3 is 9.64 Å². The Bertz CT molecular complexity index is 546. The number of hydrogen-bond acceptors (Lipinski definition) is 5. The van der Waals surface area contributed by atoms with Crippen LogP contribution in [0.1, 0.15) is 61.0 Å². The minimum Gasteiger partial charge on any atom is -0.383 e. The summed E-state index contributed by atoms with van der Waals surface area (Å²) in [7, 11) is 1.73. The van der Waals surface area contributed by atoms with E-state index in [0.29, 0.717) is 25.3 Å². The van der Waals surface area contributed by atoms with E-state index in [9.17, 15) is 4.79 Å². The molecular weight excluding hydrogens is 304 g/mol. The van der Waals surface area contributed by atoms with Crippen LogP contribution in [0.5, 0.6) is 0 Å². The number of likely N-dealkylation sites (tertiary alicyclic amines) is 1. The molecule has 2 heterocycles. The Morgan fingerprint density at radius 2 is 2.12 bits per heavy atom. The molecule has 134 valence electrons. The molecule has 0 aliphatic carbocycles. The van der Waals surface area contributed by atoms with E-state index in [2.05, 4.69) is 14.9 Å². The minimum absolute atomic E-state index is 0.0175. The Morgan fingerprint density at radius 1 is 1.38 bits per heavy atom. The molecule has 1 unspecified atom stereocenters. The Labute approximate surface area is 145 Å². The molecule has 1 aromatic heterocycles. The van der Waals surface area contributed by atoms with Crippen molar-refractivity contribution in [2.45, 2.75) is 46.1 Å². The Balaban J connectivity index is 2.19. The average molecular weight is 334 g/mol. The lowest BCUT2D eigenvalue weighted by molar-refractivity contribution is 0.0770. The Kier molecular flexibility index (Phi) is 7.12. The largest absolute Gasteiger partial charge is 0.383 e. The van der Waals surface area contributed by atoms with Crippen LogP contribution in [0.4, 0.5) is 0 Å². The van der Waals surface area contributed by atoms with Crippen LogP contribution in [0, 0.1) is 6.92 Å². The third-order valence-corrected chi connectivity index (χ3v) is 4.77. The number of hydrogen-bond donors (Lipinski definition) is 0. The molecule has 1 fully saturated rings. The number of carbonyl (C=O) groups excluding carboxylic acids is 1. The molecule has 0 bridgehead atoms. The number of aromatic nitrogens is 2. The van der Waals surface area contributed by atoms with Gasteiger partial charge in [-0.15, -0.1) is 0 Å². The summed E-state index contributed by atoms with van der Waals surface area (Å²) in [6.07, 6.45) is 5.17. The smallest absolute Gasteiger partial charge is 0.257 e. The molecule has 0 aromatic carbocycles. The zero-order valence-corrected chi connectivity index (χ0v) is 15.4. The summed E-state index contributed by atoms with van der Waals surface area (Å²) in [6, 6.07) is 0.227. The molecule has 6 heteroatoms. The van der Waals surface area contributed by atoms with Crippen molar-refractivity contribution in [1.82, 2.24) is 19.8 Å². The standard InChI is InChI=1S/C18H30N4O2/c1-5-21(6-2)18(23)15-13-19-17(20-14(15)3)16-9-7-8-10-22(16)11-12-24-4/h13,16H,5-12H2,1-4H3. The molecule has 0 saturated carbocycles. The first-order valence-corrected chi connectivity index (χ1v) is 8.98. The first kappa shape index (κ1) is 18.8. The van der Waals surface area contributed by atoms with Crippen molar-refractivity contribution >= 4 is 5.91 Å². The van der Waals surface area contributed by atoms with Crippen molar-refractivity contribution in [1.29, 1.82) is 0 Å². The number of piperidine rings is 1. The fourth-order valence-corrected chi connectivity index (χ4v) is 3.30. The van der Waals surface area contributed by atoms with Crippen molar-refractivity contribution in [2.75, 3.05) is 39.9 Å². The van der Waals surface area contributed by atoms with Gasteiger partial charge in [0, 0.05) is 32.9 Å². The number of nitrogens with zero attached hydrogens (tertiary/aromatic N) is 4. The number of carbonyl (C=O) groups is 1. The lowest BCUT2D eigenvalue weighted by Crippen LogP contribution is -2.37. The van der Waals surface area contributed by atoms with E-state index in [0.717, 1.165) is 31.0 Å². The molecule has 0 radical (unpaired) electrons. The van der Waals surface area contributed by atoms with Crippen molar-refractivity contribution in [3.05, 3.63) is 23.3 Å². The number of rotatable bonds is 7. The summed E-state index contributed by atoms with van der Waals surface area (Å²) in [6.45, 7) is 9.94. The molecule has 1 saturated heterocycles. The molecule has 0 N–H and O–H groups in total. The van der Waals surface area contributed by atoms with Crippen molar-refractivity contribution in [2.24, 2.45) is 0 Å². The maximum atomic E-state index is 12.5. The molecule has 6 nitrogen and oxygen atoms in total. The second-order valence-electron chi connectivity index (χ2n) is 6.25. The molecule has 2 rings (SSSR count). The lowest BCUT2D eigenvalue weighted by atomic mass is 10.0. The summed E-state index contributed by atoms with van der Waals surface area (Å²) in [5.41, 5.74) is 1.39. The second kappa shape index (κ2) is 9.08. The number of ether oxygens (including phenoxy) is 1. The fraction of sp³-hybridized carbons (Fsp3) is 0.722. The van der Waals surface area contributed by atoms with E-state index >= 15 is 0 Å². The van der Waals surface area contributed by atoms with Gasteiger partial charge in [0.2, 0.25) is 0 Å². The Morgan fingerprint density at radius 3 is 2.75 bits per heavy atom. The number of amides is 1. The molecular formula is C18H30N4O2. The zero-order valence-electron chi connectivity index (χ0n) is 15.4. The van der Waals surface area contributed by atoms with Crippen LogP contribution in [-0.4, -0.2) is 65.6 Å². The van der Waals surface area contributed by atoms with Gasteiger partial charge in [0.15, 0.2) is 0 Å². The predicted octanol–water partition coefficient (Wildman–Crippen LogP) is 2.44. The molecule has 1 aliphatic heterocycles. The van der Waals surface area contributed by atoms with E-state index in [-0.39, 0.29) is 11.9 Å². The van der Waals surface area contributed by atoms with Crippen LogP contribution in [0.2, 0.25) is 0 Å². The van der Waals surface area contributed by atoms with Crippen LogP contribution in [0.15, 0.2) is 6.20 Å². The van der Waals surface area contributed by atoms with Gasteiger partial charge in [-0.1, -0.05) is 6.42 Å². The van der Waals surface area contributed by atoms with E-state index in [4.69, 9.17) is 4.74 Å². The summed E-state index contributed by atoms with van der Waals surface area (Å²) in [5.74, 6) is 0.850. The number of aryl methyl sites for hydroxylation is 1. The molecule has 24 heavy (non-hydrogen) atoms. The van der Waals surface area contributed by atoms with Crippen LogP contribution >= 0.6 is 0 Å². The van der Waals surface area contributed by atoms with Gasteiger partial charge in [-0.3, -0.25) is 9.69 Å². The average Bonchev–Trinajstić information content (AvgIpc) is 2.61. The van der Waals surface area contributed by atoms with Gasteiger partial charge in [-0.05, 0) is 40.2 Å². The van der Waals surface area contributed by atoms with Gasteiger partial charge in [0.05, 0.1) is 23.9 Å². The maximum absolute atomic E-state index is 12.5. The van der Waals surface area contributed by atoms with Gasteiger partial charge in [-0.25, -0.2) is 9.97 Å². The quantitative estimate of drug-likeness (QED) is 0.766. The SMILES string of the molecule is CCN(CC)C(=O)c1cnc(C2CCCCN2CCOC)nc1C. The monoisotopic (exact) mass is 334 g/mol. The zero-order chi connectivity index (χ0) is 17.5. The van der Waals surface area contributed by atoms with E-state index in [1.54, 1.807) is 18.2 Å². The van der Waals surface area contributed by atoms with Gasteiger partial charge in [0.1, 0.15) is 5.82 Å². The van der Waals surface area contributed by atoms with Gasteiger partial charge in [0.25, 0.3) is 5.91 Å². The Hall–Kier alpha value is -1.53. The first-order valence-electron chi connectivity index (χ1n) is 8.98. The van der Waals surface area contributed by atoms with Gasteiger partial charge in [-0.2, -0.15) is 0 Å². The highest BCUT2D eigenvalue weighted by Gasteiger charge is 2.27. The van der Waals surface area contributed by atoms with Crippen molar-refractivity contribution in [3.63, 3.8) is 0 Å². The normalized spacial score (nSPS) is 18.6. The molecule has 1 aromatic rings. The highest BCUT2D eigenvalue weighted by Crippen LogP contribution is 2.28. The number of methoxy groups -OCH3 is 1. The molecule has 1 amide bonds. The third kappa shape index (κ3) is 4.30. The maximum Gasteiger partial charge on any atom is 0.257 e. The van der Waals surface area contributed by atoms with Gasteiger partial charge >= 0.3 is 0 Å². The summed E-state index contributed by atoms with van der Waals surface area (Å²) in [4.78, 5) is 26.0. The highest BCUT2D eigenvalue weighted by atomic mass is 16.5.